The first-order valence-corrected chi connectivity index (χ1v) is 8.21. The first-order chi connectivity index (χ1) is 12.3. The second-order valence-corrected chi connectivity index (χ2v) is 6.37. The lowest BCUT2D eigenvalue weighted by molar-refractivity contribution is -0.384. The van der Waals surface area contributed by atoms with Gasteiger partial charge in [0, 0.05) is 24.2 Å². The van der Waals surface area contributed by atoms with Crippen LogP contribution in [-0.4, -0.2) is 22.8 Å². The van der Waals surface area contributed by atoms with Gasteiger partial charge in [0.25, 0.3) is 11.6 Å². The average Bonchev–Trinajstić information content (AvgIpc) is 3.10. The number of amides is 2. The summed E-state index contributed by atoms with van der Waals surface area (Å²) in [7, 11) is 0. The van der Waals surface area contributed by atoms with Gasteiger partial charge < -0.3 is 15.1 Å². The van der Waals surface area contributed by atoms with Gasteiger partial charge in [-0.2, -0.15) is 0 Å². The Morgan fingerprint density at radius 1 is 1.31 bits per heavy atom. The molecule has 2 amide bonds. The number of hydrogen-bond donors (Lipinski definition) is 2. The number of carbonyl (C=O) groups is 2. The maximum atomic E-state index is 12.4. The quantitative estimate of drug-likeness (QED) is 0.567. The molecule has 0 radical (unpaired) electrons. The number of hydrogen-bond acceptors (Lipinski definition) is 5. The SMILES string of the molecule is CC(C)[C@@H](NC(=O)c1ccc([N+](=O)[O-])cc1Cl)C(=O)NCc1ccoc1. The number of furan rings is 1. The minimum atomic E-state index is -0.791. The van der Waals surface area contributed by atoms with E-state index >= 15 is 0 Å². The molecule has 0 fully saturated rings. The highest BCUT2D eigenvalue weighted by molar-refractivity contribution is 6.34. The Balaban J connectivity index is 2.07. The first kappa shape index (κ1) is 19.5. The summed E-state index contributed by atoms with van der Waals surface area (Å²) in [5, 5.41) is 16.0. The Morgan fingerprint density at radius 3 is 2.58 bits per heavy atom. The minimum absolute atomic E-state index is 0.0574. The predicted molar refractivity (Wildman–Crippen MR) is 94.8 cm³/mol. The van der Waals surface area contributed by atoms with Crippen LogP contribution in [0.4, 0.5) is 5.69 Å². The Labute approximate surface area is 154 Å². The van der Waals surface area contributed by atoms with Crippen molar-refractivity contribution in [1.82, 2.24) is 10.6 Å². The summed E-state index contributed by atoms with van der Waals surface area (Å²) in [6, 6.07) is 4.47. The number of benzene rings is 1. The molecule has 26 heavy (non-hydrogen) atoms. The van der Waals surface area contributed by atoms with Crippen LogP contribution in [0.5, 0.6) is 0 Å². The number of nitro benzene ring substituents is 1. The van der Waals surface area contributed by atoms with Crippen LogP contribution in [0, 0.1) is 16.0 Å². The molecular weight excluding hydrogens is 362 g/mol. The van der Waals surface area contributed by atoms with E-state index in [9.17, 15) is 19.7 Å². The molecular formula is C17H18ClN3O5. The van der Waals surface area contributed by atoms with E-state index in [2.05, 4.69) is 10.6 Å². The maximum Gasteiger partial charge on any atom is 0.270 e. The summed E-state index contributed by atoms with van der Waals surface area (Å²) >= 11 is 5.96. The van der Waals surface area contributed by atoms with Crippen LogP contribution in [0.25, 0.3) is 0 Å². The molecule has 138 valence electrons. The van der Waals surface area contributed by atoms with Crippen molar-refractivity contribution in [2.75, 3.05) is 0 Å². The topological polar surface area (TPSA) is 114 Å². The van der Waals surface area contributed by atoms with Gasteiger partial charge in [0.2, 0.25) is 5.91 Å². The van der Waals surface area contributed by atoms with Crippen molar-refractivity contribution in [2.45, 2.75) is 26.4 Å². The third kappa shape index (κ3) is 4.82. The molecule has 0 saturated heterocycles. The normalized spacial score (nSPS) is 11.8. The van der Waals surface area contributed by atoms with Crippen LogP contribution in [0.15, 0.2) is 41.2 Å². The third-order valence-electron chi connectivity index (χ3n) is 3.69. The third-order valence-corrected chi connectivity index (χ3v) is 4.00. The lowest BCUT2D eigenvalue weighted by Crippen LogP contribution is -2.49. The highest BCUT2D eigenvalue weighted by atomic mass is 35.5. The standard InChI is InChI=1S/C17H18ClN3O5/c1-10(2)15(17(23)19-8-11-5-6-26-9-11)20-16(22)13-4-3-12(21(24)25)7-14(13)18/h3-7,9-10,15H,8H2,1-2H3,(H,19,23)(H,20,22)/t15-/m1/s1. The zero-order chi connectivity index (χ0) is 19.3. The van der Waals surface area contributed by atoms with Gasteiger partial charge in [0.1, 0.15) is 6.04 Å². The van der Waals surface area contributed by atoms with E-state index in [-0.39, 0.29) is 34.6 Å². The molecule has 1 heterocycles. The molecule has 1 aromatic heterocycles. The summed E-state index contributed by atoms with van der Waals surface area (Å²) in [5.74, 6) is -1.12. The predicted octanol–water partition coefficient (Wildman–Crippen LogP) is 2.91. The number of rotatable bonds is 7. The molecule has 0 saturated carbocycles. The van der Waals surface area contributed by atoms with E-state index in [4.69, 9.17) is 16.0 Å². The molecule has 0 unspecified atom stereocenters. The first-order valence-electron chi connectivity index (χ1n) is 7.83. The average molecular weight is 380 g/mol. The Hall–Kier alpha value is -2.87. The van der Waals surface area contributed by atoms with Crippen molar-refractivity contribution in [3.8, 4) is 0 Å². The van der Waals surface area contributed by atoms with Gasteiger partial charge in [0.05, 0.1) is 28.0 Å². The molecule has 1 aromatic carbocycles. The zero-order valence-electron chi connectivity index (χ0n) is 14.2. The van der Waals surface area contributed by atoms with E-state index in [1.54, 1.807) is 19.9 Å². The van der Waals surface area contributed by atoms with Crippen LogP contribution in [0.3, 0.4) is 0 Å². The number of nitro groups is 1. The van der Waals surface area contributed by atoms with Crippen molar-refractivity contribution in [1.29, 1.82) is 0 Å². The molecule has 8 nitrogen and oxygen atoms in total. The van der Waals surface area contributed by atoms with Crippen molar-refractivity contribution in [2.24, 2.45) is 5.92 Å². The van der Waals surface area contributed by atoms with E-state index in [1.807, 2.05) is 0 Å². The second-order valence-electron chi connectivity index (χ2n) is 5.97. The van der Waals surface area contributed by atoms with E-state index in [0.717, 1.165) is 11.6 Å². The Kier molecular flexibility index (Phi) is 6.35. The Bertz CT molecular complexity index is 805. The Morgan fingerprint density at radius 2 is 2.04 bits per heavy atom. The molecule has 9 heteroatoms. The summed E-state index contributed by atoms with van der Waals surface area (Å²) in [4.78, 5) is 35.0. The number of carbonyl (C=O) groups excluding carboxylic acids is 2. The van der Waals surface area contributed by atoms with Crippen molar-refractivity contribution in [3.63, 3.8) is 0 Å². The lowest BCUT2D eigenvalue weighted by Gasteiger charge is -2.22. The summed E-state index contributed by atoms with van der Waals surface area (Å²) in [5.41, 5.74) is 0.640. The van der Waals surface area contributed by atoms with Crippen LogP contribution < -0.4 is 10.6 Å². The van der Waals surface area contributed by atoms with Gasteiger partial charge in [-0.1, -0.05) is 25.4 Å². The summed E-state index contributed by atoms with van der Waals surface area (Å²) in [6.45, 7) is 3.85. The van der Waals surface area contributed by atoms with Crippen LogP contribution in [0.2, 0.25) is 5.02 Å². The monoisotopic (exact) mass is 379 g/mol. The van der Waals surface area contributed by atoms with Gasteiger partial charge in [-0.15, -0.1) is 0 Å². The van der Waals surface area contributed by atoms with Crippen LogP contribution in [0.1, 0.15) is 29.8 Å². The molecule has 0 aliphatic carbocycles. The number of nitrogens with zero attached hydrogens (tertiary/aromatic N) is 1. The van der Waals surface area contributed by atoms with E-state index < -0.39 is 16.9 Å². The highest BCUT2D eigenvalue weighted by Crippen LogP contribution is 2.22. The molecule has 0 bridgehead atoms. The smallest absolute Gasteiger partial charge is 0.270 e. The maximum absolute atomic E-state index is 12.4. The summed E-state index contributed by atoms with van der Waals surface area (Å²) in [6.07, 6.45) is 3.01. The van der Waals surface area contributed by atoms with Gasteiger partial charge in [-0.25, -0.2) is 0 Å². The fraction of sp³-hybridized carbons (Fsp3) is 0.294. The molecule has 2 N–H and O–H groups in total. The number of non-ortho nitro benzene ring substituents is 1. The fourth-order valence-electron chi connectivity index (χ4n) is 2.25. The number of halogens is 1. The molecule has 0 aliphatic rings. The summed E-state index contributed by atoms with van der Waals surface area (Å²) < 4.78 is 4.93. The lowest BCUT2D eigenvalue weighted by atomic mass is 10.0. The highest BCUT2D eigenvalue weighted by Gasteiger charge is 2.26. The number of nitrogens with one attached hydrogen (secondary N) is 2. The fourth-order valence-corrected chi connectivity index (χ4v) is 2.51. The van der Waals surface area contributed by atoms with Crippen LogP contribution >= 0.6 is 11.6 Å². The van der Waals surface area contributed by atoms with E-state index in [0.29, 0.717) is 0 Å². The molecule has 0 spiro atoms. The zero-order valence-corrected chi connectivity index (χ0v) is 14.9. The van der Waals surface area contributed by atoms with Gasteiger partial charge in [0.15, 0.2) is 0 Å². The van der Waals surface area contributed by atoms with Crippen LogP contribution in [-0.2, 0) is 11.3 Å². The largest absolute Gasteiger partial charge is 0.472 e. The van der Waals surface area contributed by atoms with Crippen molar-refractivity contribution < 1.29 is 18.9 Å². The van der Waals surface area contributed by atoms with Gasteiger partial charge >= 0.3 is 0 Å². The molecule has 2 aromatic rings. The van der Waals surface area contributed by atoms with Crippen molar-refractivity contribution >= 4 is 29.1 Å². The van der Waals surface area contributed by atoms with Gasteiger partial charge in [-0.05, 0) is 18.1 Å². The molecule has 0 aliphatic heterocycles. The van der Waals surface area contributed by atoms with Crippen molar-refractivity contribution in [3.05, 3.63) is 63.1 Å². The second kappa shape index (κ2) is 8.48. The molecule has 1 atom stereocenters. The van der Waals surface area contributed by atoms with E-state index in [1.165, 1.54) is 24.7 Å². The molecule has 2 rings (SSSR count). The van der Waals surface area contributed by atoms with Gasteiger partial charge in [-0.3, -0.25) is 19.7 Å². The minimum Gasteiger partial charge on any atom is -0.472 e.